The number of benzene rings is 2. The van der Waals surface area contributed by atoms with Gasteiger partial charge in [0.25, 0.3) is 0 Å². The van der Waals surface area contributed by atoms with Gasteiger partial charge in [0, 0.05) is 18.1 Å². The number of rotatable bonds is 5. The third-order valence-electron chi connectivity index (χ3n) is 4.50. The molecule has 0 atom stereocenters. The van der Waals surface area contributed by atoms with E-state index in [1.807, 2.05) is 0 Å². The van der Waals surface area contributed by atoms with Crippen molar-refractivity contribution in [2.45, 2.75) is 31.2 Å². The SMILES string of the molecule is Cc1cc(N2CCCCS2(=O)=O)ccc1S(=O)(=O)NCc1ccccc1Cl. The Kier molecular flexibility index (Phi) is 5.81. The van der Waals surface area contributed by atoms with E-state index in [4.69, 9.17) is 11.6 Å². The zero-order chi connectivity index (χ0) is 19.7. The van der Waals surface area contributed by atoms with Gasteiger partial charge in [0.1, 0.15) is 0 Å². The topological polar surface area (TPSA) is 83.6 Å². The van der Waals surface area contributed by atoms with E-state index in [9.17, 15) is 16.8 Å². The third-order valence-corrected chi connectivity index (χ3v) is 8.30. The molecule has 0 unspecified atom stereocenters. The smallest absolute Gasteiger partial charge is 0.241 e. The van der Waals surface area contributed by atoms with Gasteiger partial charge in [0.05, 0.1) is 16.3 Å². The van der Waals surface area contributed by atoms with Gasteiger partial charge in [-0.3, -0.25) is 4.31 Å². The van der Waals surface area contributed by atoms with Crippen LogP contribution in [0.1, 0.15) is 24.0 Å². The van der Waals surface area contributed by atoms with Gasteiger partial charge in [0.15, 0.2) is 0 Å². The van der Waals surface area contributed by atoms with Crippen LogP contribution in [-0.4, -0.2) is 29.1 Å². The Balaban J connectivity index is 1.83. The Hall–Kier alpha value is -1.61. The van der Waals surface area contributed by atoms with Gasteiger partial charge in [-0.05, 0) is 55.2 Å². The first-order valence-corrected chi connectivity index (χ1v) is 12.0. The number of nitrogens with one attached hydrogen (secondary N) is 1. The van der Waals surface area contributed by atoms with E-state index in [1.165, 1.54) is 10.4 Å². The lowest BCUT2D eigenvalue weighted by molar-refractivity contribution is 0.574. The van der Waals surface area contributed by atoms with Crippen molar-refractivity contribution in [1.29, 1.82) is 0 Å². The summed E-state index contributed by atoms with van der Waals surface area (Å²) < 4.78 is 53.7. The van der Waals surface area contributed by atoms with E-state index >= 15 is 0 Å². The quantitative estimate of drug-likeness (QED) is 0.793. The highest BCUT2D eigenvalue weighted by Gasteiger charge is 2.27. The summed E-state index contributed by atoms with van der Waals surface area (Å²) in [7, 11) is -7.10. The van der Waals surface area contributed by atoms with Crippen LogP contribution in [0.4, 0.5) is 5.69 Å². The van der Waals surface area contributed by atoms with Crippen molar-refractivity contribution in [3.63, 3.8) is 0 Å². The number of aryl methyl sites for hydroxylation is 1. The van der Waals surface area contributed by atoms with Gasteiger partial charge in [-0.15, -0.1) is 0 Å². The van der Waals surface area contributed by atoms with Gasteiger partial charge in [-0.25, -0.2) is 21.6 Å². The molecule has 0 bridgehead atoms. The number of hydrogen-bond acceptors (Lipinski definition) is 4. The highest BCUT2D eigenvalue weighted by atomic mass is 35.5. The maximum Gasteiger partial charge on any atom is 0.241 e. The van der Waals surface area contributed by atoms with Crippen LogP contribution in [-0.2, 0) is 26.6 Å². The number of nitrogens with zero attached hydrogens (tertiary/aromatic N) is 1. The summed E-state index contributed by atoms with van der Waals surface area (Å²) in [5.41, 5.74) is 1.66. The first kappa shape index (κ1) is 20.1. The van der Waals surface area contributed by atoms with Gasteiger partial charge in [-0.2, -0.15) is 0 Å². The van der Waals surface area contributed by atoms with E-state index in [0.717, 1.165) is 6.42 Å². The Labute approximate surface area is 165 Å². The van der Waals surface area contributed by atoms with Crippen LogP contribution in [0.5, 0.6) is 0 Å². The van der Waals surface area contributed by atoms with Crippen LogP contribution < -0.4 is 9.03 Å². The molecule has 0 aromatic heterocycles. The van der Waals surface area contributed by atoms with Crippen molar-refractivity contribution in [2.24, 2.45) is 0 Å². The summed E-state index contributed by atoms with van der Waals surface area (Å²) in [6.07, 6.45) is 1.44. The fourth-order valence-corrected chi connectivity index (χ4v) is 6.13. The van der Waals surface area contributed by atoms with Crippen molar-refractivity contribution < 1.29 is 16.8 Å². The minimum atomic E-state index is -3.76. The molecule has 0 radical (unpaired) electrons. The van der Waals surface area contributed by atoms with Crippen molar-refractivity contribution in [3.8, 4) is 0 Å². The summed E-state index contributed by atoms with van der Waals surface area (Å²) >= 11 is 6.07. The molecule has 3 rings (SSSR count). The molecule has 2 aromatic rings. The molecule has 146 valence electrons. The lowest BCUT2D eigenvalue weighted by Crippen LogP contribution is -2.37. The Morgan fingerprint density at radius 2 is 1.89 bits per heavy atom. The summed E-state index contributed by atoms with van der Waals surface area (Å²) in [5.74, 6) is 0.117. The molecule has 1 aliphatic heterocycles. The molecule has 1 saturated heterocycles. The lowest BCUT2D eigenvalue weighted by atomic mass is 10.2. The zero-order valence-electron chi connectivity index (χ0n) is 14.9. The maximum atomic E-state index is 12.7. The minimum absolute atomic E-state index is 0.0731. The monoisotopic (exact) mass is 428 g/mol. The second-order valence-electron chi connectivity index (χ2n) is 6.46. The van der Waals surface area contributed by atoms with Gasteiger partial charge in [0.2, 0.25) is 20.0 Å². The minimum Gasteiger partial charge on any atom is -0.270 e. The first-order chi connectivity index (χ1) is 12.7. The summed E-state index contributed by atoms with van der Waals surface area (Å²) in [5, 5.41) is 0.488. The molecule has 1 aliphatic rings. The van der Waals surface area contributed by atoms with Gasteiger partial charge in [-0.1, -0.05) is 29.8 Å². The fraction of sp³-hybridized carbons (Fsp3) is 0.333. The van der Waals surface area contributed by atoms with Crippen molar-refractivity contribution in [1.82, 2.24) is 4.72 Å². The van der Waals surface area contributed by atoms with Crippen LogP contribution >= 0.6 is 11.6 Å². The zero-order valence-corrected chi connectivity index (χ0v) is 17.2. The maximum absolute atomic E-state index is 12.7. The number of anilines is 1. The molecule has 1 heterocycles. The number of halogens is 1. The Bertz CT molecular complexity index is 1050. The van der Waals surface area contributed by atoms with Crippen LogP contribution in [0.2, 0.25) is 5.02 Å². The molecular weight excluding hydrogens is 408 g/mol. The molecule has 1 fully saturated rings. The van der Waals surface area contributed by atoms with E-state index in [2.05, 4.69) is 4.72 Å². The normalized spacial score (nSPS) is 17.0. The van der Waals surface area contributed by atoms with Crippen molar-refractivity contribution in [2.75, 3.05) is 16.6 Å². The average molecular weight is 429 g/mol. The summed E-state index contributed by atoms with van der Waals surface area (Å²) in [4.78, 5) is 0.118. The van der Waals surface area contributed by atoms with E-state index in [-0.39, 0.29) is 17.2 Å². The van der Waals surface area contributed by atoms with Gasteiger partial charge >= 0.3 is 0 Å². The molecule has 1 N–H and O–H groups in total. The predicted molar refractivity (Wildman–Crippen MR) is 107 cm³/mol. The van der Waals surface area contributed by atoms with Crippen LogP contribution in [0, 0.1) is 6.92 Å². The fourth-order valence-electron chi connectivity index (χ4n) is 3.06. The second kappa shape index (κ2) is 7.79. The highest BCUT2D eigenvalue weighted by Crippen LogP contribution is 2.27. The predicted octanol–water partition coefficient (Wildman–Crippen LogP) is 3.06. The van der Waals surface area contributed by atoms with E-state index < -0.39 is 20.0 Å². The van der Waals surface area contributed by atoms with Crippen LogP contribution in [0.25, 0.3) is 0 Å². The molecule has 9 heteroatoms. The van der Waals surface area contributed by atoms with Crippen LogP contribution in [0.3, 0.4) is 0 Å². The molecule has 27 heavy (non-hydrogen) atoms. The third kappa shape index (κ3) is 4.45. The van der Waals surface area contributed by atoms with Crippen molar-refractivity contribution in [3.05, 3.63) is 58.6 Å². The first-order valence-electron chi connectivity index (χ1n) is 8.55. The highest BCUT2D eigenvalue weighted by molar-refractivity contribution is 7.92. The van der Waals surface area contributed by atoms with E-state index in [1.54, 1.807) is 43.3 Å². The van der Waals surface area contributed by atoms with Crippen molar-refractivity contribution >= 4 is 37.3 Å². The standard InChI is InChI=1S/C18H21ClN2O4S2/c1-14-12-16(21-10-4-5-11-26(21,22)23)8-9-18(14)27(24,25)20-13-15-6-2-3-7-17(15)19/h2-3,6-9,12,20H,4-5,10-11,13H2,1H3. The van der Waals surface area contributed by atoms with Crippen LogP contribution in [0.15, 0.2) is 47.4 Å². The average Bonchev–Trinajstić information content (AvgIpc) is 2.60. The largest absolute Gasteiger partial charge is 0.270 e. The molecule has 2 aromatic carbocycles. The molecule has 0 amide bonds. The lowest BCUT2D eigenvalue weighted by Gasteiger charge is -2.28. The van der Waals surface area contributed by atoms with E-state index in [0.29, 0.717) is 34.8 Å². The molecule has 6 nitrogen and oxygen atoms in total. The summed E-state index contributed by atoms with van der Waals surface area (Å²) in [6, 6.07) is 11.6. The Morgan fingerprint density at radius 1 is 1.15 bits per heavy atom. The number of hydrogen-bond donors (Lipinski definition) is 1. The Morgan fingerprint density at radius 3 is 2.56 bits per heavy atom. The molecular formula is C18H21ClN2O4S2. The van der Waals surface area contributed by atoms with Gasteiger partial charge < -0.3 is 0 Å². The molecule has 0 spiro atoms. The number of sulfonamides is 2. The molecule has 0 aliphatic carbocycles. The second-order valence-corrected chi connectivity index (χ2v) is 10.6. The molecule has 0 saturated carbocycles. The summed E-state index contributed by atoms with van der Waals surface area (Å²) in [6.45, 7) is 2.15.